The number of amides is 1. The van der Waals surface area contributed by atoms with Crippen LogP contribution in [0.4, 0.5) is 16.0 Å². The number of rotatable bonds is 7. The first kappa shape index (κ1) is 24.3. The van der Waals surface area contributed by atoms with Gasteiger partial charge in [0.15, 0.2) is 11.5 Å². The van der Waals surface area contributed by atoms with Crippen LogP contribution < -0.4 is 20.1 Å². The number of anilines is 2. The van der Waals surface area contributed by atoms with E-state index in [4.69, 9.17) is 21.1 Å². The number of benzene rings is 3. The molecule has 0 aliphatic carbocycles. The lowest BCUT2D eigenvalue weighted by Crippen LogP contribution is -2.31. The lowest BCUT2D eigenvalue weighted by molar-refractivity contribution is -0.113. The van der Waals surface area contributed by atoms with Crippen LogP contribution in [0.3, 0.4) is 0 Å². The minimum Gasteiger partial charge on any atom is -0.493 e. The third kappa shape index (κ3) is 4.85. The number of nitrogens with one attached hydrogen (secondary N) is 2. The Balaban J connectivity index is 1.48. The summed E-state index contributed by atoms with van der Waals surface area (Å²) in [6.07, 6.45) is 1.42. The Morgan fingerprint density at radius 3 is 2.70 bits per heavy atom. The highest BCUT2D eigenvalue weighted by atomic mass is 35.5. The summed E-state index contributed by atoms with van der Waals surface area (Å²) in [5.41, 5.74) is 2.76. The molecule has 1 unspecified atom stereocenters. The lowest BCUT2D eigenvalue weighted by Gasteiger charge is -2.29. The van der Waals surface area contributed by atoms with E-state index >= 15 is 0 Å². The van der Waals surface area contributed by atoms with E-state index in [1.807, 2.05) is 43.3 Å². The number of hydrogen-bond donors (Lipinski definition) is 2. The fourth-order valence-corrected chi connectivity index (χ4v) is 4.42. The van der Waals surface area contributed by atoms with Gasteiger partial charge in [0, 0.05) is 16.9 Å². The van der Waals surface area contributed by atoms with E-state index in [1.54, 1.807) is 22.9 Å². The number of hydrogen-bond acceptors (Lipinski definition) is 6. The largest absolute Gasteiger partial charge is 0.493 e. The fraction of sp³-hybridized carbons (Fsp3) is 0.148. The standard InChI is InChI=1S/C27H23ClFN5O3/c1-16-24(26(35)33-18-7-4-3-5-8-18)25(34-27(32-16)30-15-31-34)17-11-12-22(23(13-17)36-2)37-14-19-20(28)9-6-10-21(19)29/h3-13,15,25H,14H2,1-2H3,(H,33,35)(H,30,31,32). The van der Waals surface area contributed by atoms with Crippen molar-refractivity contribution >= 4 is 29.1 Å². The molecule has 1 aliphatic heterocycles. The van der Waals surface area contributed by atoms with Gasteiger partial charge < -0.3 is 20.1 Å². The van der Waals surface area contributed by atoms with Gasteiger partial charge in [-0.15, -0.1) is 0 Å². The summed E-state index contributed by atoms with van der Waals surface area (Å²) in [6, 6.07) is 18.4. The van der Waals surface area contributed by atoms with E-state index < -0.39 is 11.9 Å². The fourth-order valence-electron chi connectivity index (χ4n) is 4.21. The SMILES string of the molecule is COc1cc(C2C(C(=O)Nc3ccccc3)=C(C)Nc3ncnn32)ccc1OCc1c(F)cccc1Cl. The minimum absolute atomic E-state index is 0.0778. The van der Waals surface area contributed by atoms with Gasteiger partial charge in [0.05, 0.1) is 17.7 Å². The average Bonchev–Trinajstić information content (AvgIpc) is 3.36. The number of fused-ring (bicyclic) bond motifs is 1. The molecule has 3 aromatic carbocycles. The molecule has 0 saturated carbocycles. The molecule has 0 saturated heterocycles. The molecule has 1 aliphatic rings. The number of halogens is 2. The Morgan fingerprint density at radius 1 is 1.14 bits per heavy atom. The third-order valence-electron chi connectivity index (χ3n) is 6.01. The van der Waals surface area contributed by atoms with Crippen molar-refractivity contribution in [2.24, 2.45) is 0 Å². The van der Waals surface area contributed by atoms with Crippen molar-refractivity contribution in [1.29, 1.82) is 0 Å². The van der Waals surface area contributed by atoms with Crippen LogP contribution in [0.5, 0.6) is 11.5 Å². The molecule has 1 atom stereocenters. The molecule has 37 heavy (non-hydrogen) atoms. The van der Waals surface area contributed by atoms with E-state index in [0.717, 1.165) is 5.56 Å². The highest BCUT2D eigenvalue weighted by molar-refractivity contribution is 6.31. The number of allylic oxidation sites excluding steroid dienone is 1. The molecule has 0 bridgehead atoms. The summed E-state index contributed by atoms with van der Waals surface area (Å²) < 4.78 is 27.3. The number of aromatic nitrogens is 3. The number of nitrogens with zero attached hydrogens (tertiary/aromatic N) is 3. The molecule has 2 N–H and O–H groups in total. The van der Waals surface area contributed by atoms with Crippen LogP contribution in [-0.4, -0.2) is 27.8 Å². The molecular weight excluding hydrogens is 497 g/mol. The first-order valence-corrected chi connectivity index (χ1v) is 11.8. The molecule has 1 amide bonds. The van der Waals surface area contributed by atoms with Crippen molar-refractivity contribution < 1.29 is 18.7 Å². The van der Waals surface area contributed by atoms with Gasteiger partial charge in [-0.2, -0.15) is 10.1 Å². The first-order chi connectivity index (χ1) is 18.0. The molecule has 8 nitrogen and oxygen atoms in total. The Bertz CT molecular complexity index is 1470. The Hall–Kier alpha value is -4.37. The number of carbonyl (C=O) groups excluding carboxylic acids is 1. The molecule has 188 valence electrons. The zero-order valence-corrected chi connectivity index (χ0v) is 20.8. The third-order valence-corrected chi connectivity index (χ3v) is 6.36. The van der Waals surface area contributed by atoms with Gasteiger partial charge in [-0.25, -0.2) is 9.07 Å². The molecule has 0 spiro atoms. The predicted octanol–water partition coefficient (Wildman–Crippen LogP) is 5.59. The monoisotopic (exact) mass is 519 g/mol. The molecule has 4 aromatic rings. The smallest absolute Gasteiger partial charge is 0.255 e. The topological polar surface area (TPSA) is 90.3 Å². The van der Waals surface area contributed by atoms with Gasteiger partial charge >= 0.3 is 0 Å². The van der Waals surface area contributed by atoms with Crippen LogP contribution in [0.2, 0.25) is 5.02 Å². The van der Waals surface area contributed by atoms with Crippen molar-refractivity contribution in [2.75, 3.05) is 17.7 Å². The van der Waals surface area contributed by atoms with Gasteiger partial charge in [-0.05, 0) is 48.9 Å². The van der Waals surface area contributed by atoms with Crippen LogP contribution >= 0.6 is 11.6 Å². The lowest BCUT2D eigenvalue weighted by atomic mass is 9.94. The maximum Gasteiger partial charge on any atom is 0.255 e. The first-order valence-electron chi connectivity index (χ1n) is 11.4. The Labute approximate surface area is 217 Å². The van der Waals surface area contributed by atoms with Gasteiger partial charge in [0.1, 0.15) is 24.8 Å². The van der Waals surface area contributed by atoms with Crippen LogP contribution in [0.25, 0.3) is 0 Å². The van der Waals surface area contributed by atoms with Crippen LogP contribution in [0.15, 0.2) is 84.3 Å². The van der Waals surface area contributed by atoms with Crippen molar-refractivity contribution in [3.63, 3.8) is 0 Å². The van der Waals surface area contributed by atoms with Crippen LogP contribution in [0, 0.1) is 5.82 Å². The van der Waals surface area contributed by atoms with Crippen molar-refractivity contribution in [2.45, 2.75) is 19.6 Å². The number of ether oxygens (including phenoxy) is 2. The average molecular weight is 520 g/mol. The van der Waals surface area contributed by atoms with E-state index in [9.17, 15) is 9.18 Å². The number of para-hydroxylation sites is 1. The molecule has 0 radical (unpaired) electrons. The summed E-state index contributed by atoms with van der Waals surface area (Å²) in [7, 11) is 1.51. The normalized spacial score (nSPS) is 14.5. The quantitative estimate of drug-likeness (QED) is 0.331. The summed E-state index contributed by atoms with van der Waals surface area (Å²) in [5.74, 6) is 0.578. The predicted molar refractivity (Wildman–Crippen MR) is 138 cm³/mol. The Kier molecular flexibility index (Phi) is 6.78. The number of carbonyl (C=O) groups is 1. The maximum absolute atomic E-state index is 14.2. The summed E-state index contributed by atoms with van der Waals surface area (Å²) >= 11 is 6.13. The summed E-state index contributed by atoms with van der Waals surface area (Å²) in [6.45, 7) is 1.74. The van der Waals surface area contributed by atoms with Crippen molar-refractivity contribution in [1.82, 2.24) is 14.8 Å². The van der Waals surface area contributed by atoms with E-state index in [0.29, 0.717) is 34.4 Å². The van der Waals surface area contributed by atoms with Gasteiger partial charge in [0.2, 0.25) is 5.95 Å². The molecule has 0 fully saturated rings. The zero-order valence-electron chi connectivity index (χ0n) is 20.0. The number of methoxy groups -OCH3 is 1. The molecule has 5 rings (SSSR count). The van der Waals surface area contributed by atoms with Gasteiger partial charge in [-0.1, -0.05) is 41.9 Å². The van der Waals surface area contributed by atoms with Gasteiger partial charge in [0.25, 0.3) is 5.91 Å². The van der Waals surface area contributed by atoms with Crippen LogP contribution in [-0.2, 0) is 11.4 Å². The van der Waals surface area contributed by atoms with E-state index in [1.165, 1.54) is 25.6 Å². The molecular formula is C27H23ClFN5O3. The summed E-state index contributed by atoms with van der Waals surface area (Å²) in [5, 5.41) is 10.7. The zero-order chi connectivity index (χ0) is 25.9. The maximum atomic E-state index is 14.2. The van der Waals surface area contributed by atoms with E-state index in [-0.39, 0.29) is 23.1 Å². The van der Waals surface area contributed by atoms with Crippen molar-refractivity contribution in [3.05, 3.63) is 106 Å². The highest BCUT2D eigenvalue weighted by Gasteiger charge is 2.34. The molecule has 2 heterocycles. The Morgan fingerprint density at radius 2 is 1.95 bits per heavy atom. The van der Waals surface area contributed by atoms with Crippen molar-refractivity contribution in [3.8, 4) is 11.5 Å². The minimum atomic E-state index is -0.591. The second kappa shape index (κ2) is 10.3. The molecule has 10 heteroatoms. The van der Waals surface area contributed by atoms with Gasteiger partial charge in [-0.3, -0.25) is 4.79 Å². The van der Waals surface area contributed by atoms with Crippen LogP contribution in [0.1, 0.15) is 24.1 Å². The second-order valence-corrected chi connectivity index (χ2v) is 8.72. The van der Waals surface area contributed by atoms with E-state index in [2.05, 4.69) is 20.7 Å². The summed E-state index contributed by atoms with van der Waals surface area (Å²) in [4.78, 5) is 17.7. The molecule has 1 aromatic heterocycles. The second-order valence-electron chi connectivity index (χ2n) is 8.31. The highest BCUT2D eigenvalue weighted by Crippen LogP contribution is 2.39.